The molecule has 0 aliphatic carbocycles. The van der Waals surface area contributed by atoms with E-state index in [2.05, 4.69) is 44.8 Å². The number of rotatable bonds is 8. The molecule has 2 unspecified atom stereocenters. The van der Waals surface area contributed by atoms with E-state index >= 15 is 0 Å². The van der Waals surface area contributed by atoms with E-state index in [1.54, 1.807) is 0 Å². The molecule has 2 atom stereocenters. The zero-order valence-electron chi connectivity index (χ0n) is 8.15. The summed E-state index contributed by atoms with van der Waals surface area (Å²) in [6.45, 7) is 2.24. The van der Waals surface area contributed by atoms with E-state index in [1.807, 2.05) is 11.8 Å². The summed E-state index contributed by atoms with van der Waals surface area (Å²) < 4.78 is 0. The van der Waals surface area contributed by atoms with Crippen LogP contribution in [0.15, 0.2) is 0 Å². The summed E-state index contributed by atoms with van der Waals surface area (Å²) in [5, 5.41) is 0. The summed E-state index contributed by atoms with van der Waals surface area (Å²) in [6, 6.07) is 0. The second-order valence-electron chi connectivity index (χ2n) is 3.09. The maximum Gasteiger partial charge on any atom is 0.00211 e. The van der Waals surface area contributed by atoms with Gasteiger partial charge < -0.3 is 0 Å². The molecule has 80 valence electrons. The molecule has 0 rings (SSSR count). The van der Waals surface area contributed by atoms with Crippen LogP contribution < -0.4 is 0 Å². The zero-order valence-corrected chi connectivity index (χ0v) is 11.6. The average Bonchev–Trinajstić information content (AvgIpc) is 2.17. The van der Waals surface area contributed by atoms with Crippen LogP contribution in [0.3, 0.4) is 0 Å². The van der Waals surface area contributed by atoms with Gasteiger partial charge in [-0.2, -0.15) is 49.6 Å². The van der Waals surface area contributed by atoms with Gasteiger partial charge in [0.1, 0.15) is 0 Å². The molecule has 0 saturated heterocycles. The highest BCUT2D eigenvalue weighted by atomic mass is 32.2. The quantitative estimate of drug-likeness (QED) is 0.443. The van der Waals surface area contributed by atoms with Crippen molar-refractivity contribution >= 4 is 49.6 Å². The maximum atomic E-state index is 4.40. The van der Waals surface area contributed by atoms with E-state index in [0.717, 1.165) is 34.8 Å². The average molecular weight is 257 g/mol. The Morgan fingerprint density at radius 2 is 1.69 bits per heavy atom. The molecular weight excluding hydrogens is 236 g/mol. The third-order valence-corrected chi connectivity index (χ3v) is 4.85. The van der Waals surface area contributed by atoms with Gasteiger partial charge in [-0.05, 0) is 34.8 Å². The smallest absolute Gasteiger partial charge is 0.00211 e. The van der Waals surface area contributed by atoms with E-state index in [9.17, 15) is 0 Å². The molecule has 0 aromatic carbocycles. The molecule has 13 heavy (non-hydrogen) atoms. The number of thiol groups is 3. The third kappa shape index (κ3) is 6.47. The van der Waals surface area contributed by atoms with Crippen molar-refractivity contribution < 1.29 is 0 Å². The second kappa shape index (κ2) is 9.94. The van der Waals surface area contributed by atoms with Crippen molar-refractivity contribution in [2.24, 2.45) is 11.8 Å². The molecule has 0 fully saturated rings. The first kappa shape index (κ1) is 14.4. The number of thioether (sulfide) groups is 1. The highest BCUT2D eigenvalue weighted by molar-refractivity contribution is 8.00. The number of hydrogen-bond donors (Lipinski definition) is 3. The molecule has 0 aromatic rings. The number of hydrogen-bond acceptors (Lipinski definition) is 4. The Labute approximate surface area is 103 Å². The van der Waals surface area contributed by atoms with E-state index in [4.69, 9.17) is 0 Å². The van der Waals surface area contributed by atoms with E-state index in [0.29, 0.717) is 0 Å². The maximum absolute atomic E-state index is 4.40. The van der Waals surface area contributed by atoms with Gasteiger partial charge in [-0.25, -0.2) is 0 Å². The molecule has 0 bridgehead atoms. The standard InChI is InChI=1S/C9H20S4/c1-2-8(5-11)9(6-12)7-13-4-3-10/h8-12H,2-7H2,1H3. The molecule has 0 N–H and O–H groups in total. The minimum atomic E-state index is 0.718. The molecule has 0 aliphatic rings. The molecule has 0 nitrogen and oxygen atoms in total. The molecule has 0 heterocycles. The Morgan fingerprint density at radius 1 is 1.08 bits per heavy atom. The highest BCUT2D eigenvalue weighted by Gasteiger charge is 2.16. The molecule has 0 aromatic heterocycles. The van der Waals surface area contributed by atoms with Gasteiger partial charge in [-0.15, -0.1) is 0 Å². The zero-order chi connectivity index (χ0) is 10.1. The van der Waals surface area contributed by atoms with Gasteiger partial charge in [0, 0.05) is 5.75 Å². The van der Waals surface area contributed by atoms with Crippen molar-refractivity contribution in [3.63, 3.8) is 0 Å². The third-order valence-electron chi connectivity index (χ3n) is 2.23. The summed E-state index contributed by atoms with van der Waals surface area (Å²) >= 11 is 15.0. The van der Waals surface area contributed by atoms with E-state index in [1.165, 1.54) is 12.2 Å². The van der Waals surface area contributed by atoms with Gasteiger partial charge in [0.05, 0.1) is 0 Å². The van der Waals surface area contributed by atoms with Crippen LogP contribution in [0.1, 0.15) is 13.3 Å². The Bertz CT molecular complexity index is 104. The molecule has 0 spiro atoms. The van der Waals surface area contributed by atoms with Crippen LogP contribution in [0, 0.1) is 11.8 Å². The van der Waals surface area contributed by atoms with Crippen LogP contribution in [0.2, 0.25) is 0 Å². The van der Waals surface area contributed by atoms with Crippen molar-refractivity contribution in [1.29, 1.82) is 0 Å². The lowest BCUT2D eigenvalue weighted by atomic mass is 9.95. The summed E-state index contributed by atoms with van der Waals surface area (Å²) in [6.07, 6.45) is 1.22. The minimum absolute atomic E-state index is 0.718. The summed E-state index contributed by atoms with van der Waals surface area (Å²) in [5.74, 6) is 6.76. The molecule has 0 saturated carbocycles. The SMILES string of the molecule is CCC(CS)C(CS)CSCCS. The van der Waals surface area contributed by atoms with Gasteiger partial charge in [0.25, 0.3) is 0 Å². The van der Waals surface area contributed by atoms with Crippen molar-refractivity contribution in [1.82, 2.24) is 0 Å². The topological polar surface area (TPSA) is 0 Å². The van der Waals surface area contributed by atoms with Crippen molar-refractivity contribution in [2.45, 2.75) is 13.3 Å². The largest absolute Gasteiger partial charge is 0.179 e. The first-order valence-electron chi connectivity index (χ1n) is 4.70. The fourth-order valence-corrected chi connectivity index (χ4v) is 3.78. The van der Waals surface area contributed by atoms with Gasteiger partial charge in [-0.1, -0.05) is 13.3 Å². The highest BCUT2D eigenvalue weighted by Crippen LogP contribution is 2.23. The van der Waals surface area contributed by atoms with Gasteiger partial charge in [-0.3, -0.25) is 0 Å². The molecular formula is C9H20S4. The van der Waals surface area contributed by atoms with Crippen LogP contribution in [0.4, 0.5) is 0 Å². The predicted octanol–water partition coefficient (Wildman–Crippen LogP) is 3.15. The predicted molar refractivity (Wildman–Crippen MR) is 76.2 cm³/mol. The van der Waals surface area contributed by atoms with Gasteiger partial charge in [0.2, 0.25) is 0 Å². The monoisotopic (exact) mass is 256 g/mol. The Kier molecular flexibility index (Phi) is 11.0. The minimum Gasteiger partial charge on any atom is -0.179 e. The van der Waals surface area contributed by atoms with Crippen LogP contribution in [0.5, 0.6) is 0 Å². The van der Waals surface area contributed by atoms with Crippen LogP contribution in [0.25, 0.3) is 0 Å². The van der Waals surface area contributed by atoms with E-state index < -0.39 is 0 Å². The van der Waals surface area contributed by atoms with Crippen molar-refractivity contribution in [3.05, 3.63) is 0 Å². The van der Waals surface area contributed by atoms with E-state index in [-0.39, 0.29) is 0 Å². The molecule has 0 aliphatic heterocycles. The summed E-state index contributed by atoms with van der Waals surface area (Å²) in [7, 11) is 0. The van der Waals surface area contributed by atoms with Crippen LogP contribution >= 0.6 is 49.6 Å². The van der Waals surface area contributed by atoms with Crippen LogP contribution in [-0.4, -0.2) is 28.8 Å². The van der Waals surface area contributed by atoms with Crippen LogP contribution in [-0.2, 0) is 0 Å². The molecule has 0 amide bonds. The summed E-state index contributed by atoms with van der Waals surface area (Å²) in [4.78, 5) is 0. The lowest BCUT2D eigenvalue weighted by molar-refractivity contribution is 0.429. The second-order valence-corrected chi connectivity index (χ2v) is 5.42. The van der Waals surface area contributed by atoms with Gasteiger partial charge in [0.15, 0.2) is 0 Å². The normalized spacial score (nSPS) is 15.7. The van der Waals surface area contributed by atoms with Crippen molar-refractivity contribution in [3.8, 4) is 0 Å². The Hall–Kier alpha value is 1.40. The Morgan fingerprint density at radius 3 is 2.08 bits per heavy atom. The van der Waals surface area contributed by atoms with Crippen molar-refractivity contribution in [2.75, 3.05) is 28.8 Å². The first-order valence-corrected chi connectivity index (χ1v) is 7.75. The lowest BCUT2D eigenvalue weighted by Crippen LogP contribution is -2.20. The molecule has 0 radical (unpaired) electrons. The summed E-state index contributed by atoms with van der Waals surface area (Å²) in [5.41, 5.74) is 0. The lowest BCUT2D eigenvalue weighted by Gasteiger charge is -2.22. The Balaban J connectivity index is 3.71. The fourth-order valence-electron chi connectivity index (χ4n) is 1.25. The molecule has 4 heteroatoms. The first-order chi connectivity index (χ1) is 6.29. The fraction of sp³-hybridized carbons (Fsp3) is 1.00. The van der Waals surface area contributed by atoms with Gasteiger partial charge >= 0.3 is 0 Å².